The van der Waals surface area contributed by atoms with Crippen molar-refractivity contribution in [3.63, 3.8) is 0 Å². The van der Waals surface area contributed by atoms with Gasteiger partial charge in [-0.15, -0.1) is 0 Å². The van der Waals surface area contributed by atoms with Crippen LogP contribution >= 0.6 is 11.6 Å². The predicted molar refractivity (Wildman–Crippen MR) is 102 cm³/mol. The number of urea groups is 1. The lowest BCUT2D eigenvalue weighted by Gasteiger charge is -2.33. The van der Waals surface area contributed by atoms with Crippen molar-refractivity contribution in [2.45, 2.75) is 44.7 Å². The molecular formula is C19H25ClN4O3. The third-order valence-electron chi connectivity index (χ3n) is 5.34. The van der Waals surface area contributed by atoms with E-state index in [9.17, 15) is 14.4 Å². The summed E-state index contributed by atoms with van der Waals surface area (Å²) < 4.78 is 0. The minimum absolute atomic E-state index is 0.0340. The molecule has 2 fully saturated rings. The predicted octanol–water partition coefficient (Wildman–Crippen LogP) is 2.30. The third-order valence-corrected chi connectivity index (χ3v) is 5.71. The van der Waals surface area contributed by atoms with Crippen LogP contribution in [-0.2, 0) is 16.1 Å². The van der Waals surface area contributed by atoms with Gasteiger partial charge in [-0.3, -0.25) is 19.9 Å². The molecule has 0 atom stereocenters. The first-order valence-corrected chi connectivity index (χ1v) is 9.57. The molecule has 1 saturated heterocycles. The second-order valence-corrected chi connectivity index (χ2v) is 8.04. The number of nitrogens with one attached hydrogen (secondary N) is 2. The van der Waals surface area contributed by atoms with Crippen molar-refractivity contribution < 1.29 is 14.4 Å². The molecule has 146 valence electrons. The lowest BCUT2D eigenvalue weighted by Crippen LogP contribution is -2.52. The summed E-state index contributed by atoms with van der Waals surface area (Å²) in [5, 5.41) is 4.25. The third kappa shape index (κ3) is 4.25. The molecule has 1 aliphatic heterocycles. The van der Waals surface area contributed by atoms with Crippen LogP contribution in [0, 0.1) is 5.92 Å². The van der Waals surface area contributed by atoms with Gasteiger partial charge in [-0.25, -0.2) is 4.79 Å². The van der Waals surface area contributed by atoms with Crippen molar-refractivity contribution in [3.8, 4) is 0 Å². The highest BCUT2D eigenvalue weighted by molar-refractivity contribution is 6.31. The Bertz CT molecular complexity index is 746. The van der Waals surface area contributed by atoms with Crippen LogP contribution < -0.4 is 10.7 Å². The number of amides is 4. The molecule has 2 N–H and O–H groups in total. The lowest BCUT2D eigenvalue weighted by atomic mass is 9.77. The SMILES string of the molecule is CC1CCC2(CC1)NC(=O)N(NC(=O)CN(C)Cc1ccccc1Cl)C2=O. The van der Waals surface area contributed by atoms with E-state index in [4.69, 9.17) is 11.6 Å². The summed E-state index contributed by atoms with van der Waals surface area (Å²) in [5.41, 5.74) is 2.49. The maximum Gasteiger partial charge on any atom is 0.344 e. The van der Waals surface area contributed by atoms with Crippen molar-refractivity contribution >= 4 is 29.4 Å². The normalized spacial score (nSPS) is 25.2. The number of imide groups is 1. The van der Waals surface area contributed by atoms with Gasteiger partial charge in [-0.05, 0) is 50.3 Å². The Morgan fingerprint density at radius 1 is 1.33 bits per heavy atom. The van der Waals surface area contributed by atoms with Gasteiger partial charge in [-0.1, -0.05) is 36.7 Å². The molecule has 1 aromatic carbocycles. The summed E-state index contributed by atoms with van der Waals surface area (Å²) in [7, 11) is 1.78. The van der Waals surface area contributed by atoms with Gasteiger partial charge < -0.3 is 5.32 Å². The molecule has 4 amide bonds. The number of carbonyl (C=O) groups is 3. The van der Waals surface area contributed by atoms with Crippen molar-refractivity contribution in [2.75, 3.05) is 13.6 Å². The second kappa shape index (κ2) is 7.86. The molecule has 27 heavy (non-hydrogen) atoms. The van der Waals surface area contributed by atoms with E-state index < -0.39 is 17.5 Å². The Hall–Kier alpha value is -2.12. The monoisotopic (exact) mass is 392 g/mol. The number of likely N-dealkylation sites (N-methyl/N-ethyl adjacent to an activating group) is 1. The van der Waals surface area contributed by atoms with Crippen LogP contribution in [0.1, 0.15) is 38.2 Å². The van der Waals surface area contributed by atoms with Crippen molar-refractivity contribution in [1.29, 1.82) is 0 Å². The number of rotatable bonds is 5. The number of benzene rings is 1. The van der Waals surface area contributed by atoms with Gasteiger partial charge >= 0.3 is 6.03 Å². The number of hydrogen-bond acceptors (Lipinski definition) is 4. The molecule has 7 nitrogen and oxygen atoms in total. The summed E-state index contributed by atoms with van der Waals surface area (Å²) in [6.07, 6.45) is 2.98. The highest BCUT2D eigenvalue weighted by Crippen LogP contribution is 2.35. The fourth-order valence-electron chi connectivity index (χ4n) is 3.69. The molecule has 1 aliphatic carbocycles. The smallest absolute Gasteiger partial charge is 0.322 e. The topological polar surface area (TPSA) is 81.8 Å². The van der Waals surface area contributed by atoms with Crippen LogP contribution in [0.15, 0.2) is 24.3 Å². The average molecular weight is 393 g/mol. The van der Waals surface area contributed by atoms with Crippen LogP contribution in [0.5, 0.6) is 0 Å². The minimum Gasteiger partial charge on any atom is -0.322 e. The average Bonchev–Trinajstić information content (AvgIpc) is 2.84. The number of hydrogen-bond donors (Lipinski definition) is 2. The van der Waals surface area contributed by atoms with E-state index in [1.165, 1.54) is 0 Å². The standard InChI is InChI=1S/C19H25ClN4O3/c1-13-7-9-19(10-8-13)17(26)24(18(27)21-19)22-16(25)12-23(2)11-14-5-3-4-6-15(14)20/h3-6,13H,7-12H2,1-2H3,(H,21,27)(H,22,25). The fraction of sp³-hybridized carbons (Fsp3) is 0.526. The quantitative estimate of drug-likeness (QED) is 0.753. The van der Waals surface area contributed by atoms with Gasteiger partial charge in [0.2, 0.25) is 0 Å². The Morgan fingerprint density at radius 3 is 2.67 bits per heavy atom. The van der Waals surface area contributed by atoms with Crippen LogP contribution in [0.25, 0.3) is 0 Å². The first-order chi connectivity index (χ1) is 12.8. The molecule has 0 unspecified atom stereocenters. The Balaban J connectivity index is 1.57. The van der Waals surface area contributed by atoms with E-state index in [1.54, 1.807) is 18.0 Å². The van der Waals surface area contributed by atoms with Crippen LogP contribution in [0.2, 0.25) is 5.02 Å². The molecule has 0 bridgehead atoms. The second-order valence-electron chi connectivity index (χ2n) is 7.63. The van der Waals surface area contributed by atoms with E-state index in [2.05, 4.69) is 17.7 Å². The summed E-state index contributed by atoms with van der Waals surface area (Å²) in [6.45, 7) is 2.66. The van der Waals surface area contributed by atoms with E-state index in [1.807, 2.05) is 18.2 Å². The Labute approximate surface area is 164 Å². The largest absolute Gasteiger partial charge is 0.344 e. The van der Waals surface area contributed by atoms with Gasteiger partial charge in [0.1, 0.15) is 5.54 Å². The number of halogens is 1. The van der Waals surface area contributed by atoms with E-state index in [-0.39, 0.29) is 12.5 Å². The molecule has 3 rings (SSSR count). The molecular weight excluding hydrogens is 368 g/mol. The molecule has 1 saturated carbocycles. The zero-order valence-corrected chi connectivity index (χ0v) is 16.4. The van der Waals surface area contributed by atoms with Gasteiger partial charge in [0.25, 0.3) is 11.8 Å². The fourth-order valence-corrected chi connectivity index (χ4v) is 3.89. The first kappa shape index (κ1) is 19.6. The van der Waals surface area contributed by atoms with Gasteiger partial charge in [0.15, 0.2) is 0 Å². The van der Waals surface area contributed by atoms with Crippen LogP contribution in [-0.4, -0.2) is 46.9 Å². The highest BCUT2D eigenvalue weighted by Gasteiger charge is 2.52. The summed E-state index contributed by atoms with van der Waals surface area (Å²) >= 11 is 6.14. The molecule has 1 spiro atoms. The lowest BCUT2D eigenvalue weighted by molar-refractivity contribution is -0.140. The van der Waals surface area contributed by atoms with Gasteiger partial charge in [0.05, 0.1) is 6.54 Å². The van der Waals surface area contributed by atoms with E-state index in [0.717, 1.165) is 23.4 Å². The van der Waals surface area contributed by atoms with Crippen LogP contribution in [0.4, 0.5) is 4.79 Å². The highest BCUT2D eigenvalue weighted by atomic mass is 35.5. The summed E-state index contributed by atoms with van der Waals surface area (Å²) in [4.78, 5) is 39.1. The molecule has 8 heteroatoms. The Kier molecular flexibility index (Phi) is 5.72. The van der Waals surface area contributed by atoms with Crippen LogP contribution in [0.3, 0.4) is 0 Å². The zero-order valence-electron chi connectivity index (χ0n) is 15.6. The molecule has 2 aliphatic rings. The summed E-state index contributed by atoms with van der Waals surface area (Å²) in [6, 6.07) is 6.85. The zero-order chi connectivity index (χ0) is 19.6. The van der Waals surface area contributed by atoms with Crippen molar-refractivity contribution in [2.24, 2.45) is 5.92 Å². The van der Waals surface area contributed by atoms with E-state index in [0.29, 0.717) is 30.3 Å². The number of nitrogens with zero attached hydrogens (tertiary/aromatic N) is 2. The first-order valence-electron chi connectivity index (χ1n) is 9.19. The number of carbonyl (C=O) groups excluding carboxylic acids is 3. The van der Waals surface area contributed by atoms with Crippen molar-refractivity contribution in [3.05, 3.63) is 34.9 Å². The van der Waals surface area contributed by atoms with Crippen molar-refractivity contribution in [1.82, 2.24) is 20.7 Å². The van der Waals surface area contributed by atoms with E-state index >= 15 is 0 Å². The molecule has 0 aromatic heterocycles. The minimum atomic E-state index is -0.861. The number of hydrazine groups is 1. The van der Waals surface area contributed by atoms with Gasteiger partial charge in [-0.2, -0.15) is 5.01 Å². The maximum absolute atomic E-state index is 12.8. The molecule has 0 radical (unpaired) electrons. The van der Waals surface area contributed by atoms with Gasteiger partial charge in [0, 0.05) is 11.6 Å². The summed E-state index contributed by atoms with van der Waals surface area (Å²) in [5.74, 6) is -0.238. The molecule has 1 heterocycles. The maximum atomic E-state index is 12.8. The Morgan fingerprint density at radius 2 is 2.00 bits per heavy atom. The molecule has 1 aromatic rings.